The van der Waals surface area contributed by atoms with Gasteiger partial charge in [-0.05, 0) is 48.5 Å². The lowest BCUT2D eigenvalue weighted by molar-refractivity contribution is 0.326. The highest BCUT2D eigenvalue weighted by Crippen LogP contribution is 2.28. The first-order valence-electron chi connectivity index (χ1n) is 7.58. The SMILES string of the molecule is Cc1cn[nH]c1[C@@H]1CCN(Cc2ccc3cc[nH]c3c2)C1. The molecule has 4 rings (SSSR count). The summed E-state index contributed by atoms with van der Waals surface area (Å²) in [6.07, 6.45) is 5.15. The molecule has 21 heavy (non-hydrogen) atoms. The van der Waals surface area contributed by atoms with E-state index in [1.165, 1.54) is 34.1 Å². The van der Waals surface area contributed by atoms with Gasteiger partial charge in [-0.1, -0.05) is 12.1 Å². The number of nitrogens with zero attached hydrogens (tertiary/aromatic N) is 2. The predicted octanol–water partition coefficient (Wildman–Crippen LogP) is 3.19. The number of benzene rings is 1. The Balaban J connectivity index is 1.47. The molecule has 2 N–H and O–H groups in total. The fourth-order valence-corrected chi connectivity index (χ4v) is 3.43. The molecular formula is C17H20N4. The van der Waals surface area contributed by atoms with Crippen molar-refractivity contribution in [2.24, 2.45) is 0 Å². The van der Waals surface area contributed by atoms with Gasteiger partial charge in [0.2, 0.25) is 0 Å². The maximum Gasteiger partial charge on any atom is 0.0519 e. The van der Waals surface area contributed by atoms with Crippen molar-refractivity contribution in [1.29, 1.82) is 0 Å². The summed E-state index contributed by atoms with van der Waals surface area (Å²) in [6, 6.07) is 8.83. The molecule has 2 aromatic heterocycles. The first-order chi connectivity index (χ1) is 10.3. The molecule has 4 nitrogen and oxygen atoms in total. The minimum Gasteiger partial charge on any atom is -0.361 e. The predicted molar refractivity (Wildman–Crippen MR) is 84.3 cm³/mol. The molecular weight excluding hydrogens is 260 g/mol. The summed E-state index contributed by atoms with van der Waals surface area (Å²) in [6.45, 7) is 5.44. The van der Waals surface area contributed by atoms with E-state index in [2.05, 4.69) is 51.3 Å². The fraction of sp³-hybridized carbons (Fsp3) is 0.353. The van der Waals surface area contributed by atoms with Crippen molar-refractivity contribution < 1.29 is 0 Å². The number of H-pyrrole nitrogens is 2. The van der Waals surface area contributed by atoms with Gasteiger partial charge in [-0.2, -0.15) is 5.10 Å². The van der Waals surface area contributed by atoms with E-state index in [0.717, 1.165) is 19.6 Å². The molecule has 1 saturated heterocycles. The van der Waals surface area contributed by atoms with Gasteiger partial charge in [0.1, 0.15) is 0 Å². The van der Waals surface area contributed by atoms with Crippen LogP contribution in [0.5, 0.6) is 0 Å². The van der Waals surface area contributed by atoms with Crippen molar-refractivity contribution in [3.63, 3.8) is 0 Å². The number of hydrogen-bond acceptors (Lipinski definition) is 2. The zero-order chi connectivity index (χ0) is 14.2. The average Bonchev–Trinajstić information content (AvgIpc) is 3.18. The molecule has 108 valence electrons. The third-order valence-electron chi connectivity index (χ3n) is 4.57. The largest absolute Gasteiger partial charge is 0.361 e. The molecule has 0 saturated carbocycles. The van der Waals surface area contributed by atoms with E-state index in [4.69, 9.17) is 0 Å². The maximum absolute atomic E-state index is 4.16. The second-order valence-electron chi connectivity index (χ2n) is 6.09. The minimum absolute atomic E-state index is 0.599. The normalized spacial score (nSPS) is 19.6. The molecule has 0 aliphatic carbocycles. The van der Waals surface area contributed by atoms with Crippen LogP contribution >= 0.6 is 0 Å². The summed E-state index contributed by atoms with van der Waals surface area (Å²) < 4.78 is 0. The molecule has 3 aromatic rings. The van der Waals surface area contributed by atoms with Crippen molar-refractivity contribution in [3.05, 3.63) is 53.5 Å². The summed E-state index contributed by atoms with van der Waals surface area (Å²) in [5.74, 6) is 0.599. The summed E-state index contributed by atoms with van der Waals surface area (Å²) in [5.41, 5.74) is 5.21. The van der Waals surface area contributed by atoms with Gasteiger partial charge in [-0.15, -0.1) is 0 Å². The summed E-state index contributed by atoms with van der Waals surface area (Å²) in [7, 11) is 0. The van der Waals surface area contributed by atoms with Crippen LogP contribution in [0.4, 0.5) is 0 Å². The van der Waals surface area contributed by atoms with E-state index < -0.39 is 0 Å². The third-order valence-corrected chi connectivity index (χ3v) is 4.57. The zero-order valence-corrected chi connectivity index (χ0v) is 12.3. The Labute approximate surface area is 124 Å². The quantitative estimate of drug-likeness (QED) is 0.774. The number of fused-ring (bicyclic) bond motifs is 1. The first kappa shape index (κ1) is 12.7. The van der Waals surface area contributed by atoms with Crippen LogP contribution in [0.1, 0.15) is 29.2 Å². The van der Waals surface area contributed by atoms with Gasteiger partial charge in [0.15, 0.2) is 0 Å². The van der Waals surface area contributed by atoms with Crippen molar-refractivity contribution in [3.8, 4) is 0 Å². The molecule has 1 atom stereocenters. The lowest BCUT2D eigenvalue weighted by atomic mass is 10.0. The number of likely N-dealkylation sites (tertiary alicyclic amines) is 1. The maximum atomic E-state index is 4.16. The van der Waals surface area contributed by atoms with Crippen molar-refractivity contribution in [2.45, 2.75) is 25.8 Å². The van der Waals surface area contributed by atoms with Gasteiger partial charge in [0, 0.05) is 36.4 Å². The van der Waals surface area contributed by atoms with Gasteiger partial charge in [-0.25, -0.2) is 0 Å². The molecule has 1 aliphatic heterocycles. The summed E-state index contributed by atoms with van der Waals surface area (Å²) >= 11 is 0. The molecule has 1 aliphatic rings. The summed E-state index contributed by atoms with van der Waals surface area (Å²) in [5, 5.41) is 8.61. The topological polar surface area (TPSA) is 47.7 Å². The number of aromatic amines is 2. The van der Waals surface area contributed by atoms with Crippen LogP contribution in [0.2, 0.25) is 0 Å². The highest BCUT2D eigenvalue weighted by Gasteiger charge is 2.26. The van der Waals surface area contributed by atoms with E-state index in [-0.39, 0.29) is 0 Å². The first-order valence-corrected chi connectivity index (χ1v) is 7.58. The Bertz CT molecular complexity index is 755. The van der Waals surface area contributed by atoms with Gasteiger partial charge < -0.3 is 4.98 Å². The van der Waals surface area contributed by atoms with E-state index in [9.17, 15) is 0 Å². The Morgan fingerprint density at radius 2 is 2.29 bits per heavy atom. The molecule has 1 fully saturated rings. The van der Waals surface area contributed by atoms with Gasteiger partial charge >= 0.3 is 0 Å². The molecule has 0 spiro atoms. The number of aryl methyl sites for hydroxylation is 1. The summed E-state index contributed by atoms with van der Waals surface area (Å²) in [4.78, 5) is 5.83. The van der Waals surface area contributed by atoms with Crippen molar-refractivity contribution in [1.82, 2.24) is 20.1 Å². The Hall–Kier alpha value is -2.07. The van der Waals surface area contributed by atoms with E-state index in [1.54, 1.807) is 0 Å². The van der Waals surface area contributed by atoms with Crippen LogP contribution in [-0.4, -0.2) is 33.2 Å². The average molecular weight is 280 g/mol. The Morgan fingerprint density at radius 1 is 1.33 bits per heavy atom. The van der Waals surface area contributed by atoms with E-state index in [1.807, 2.05) is 12.4 Å². The smallest absolute Gasteiger partial charge is 0.0519 e. The Kier molecular flexibility index (Phi) is 3.04. The fourth-order valence-electron chi connectivity index (χ4n) is 3.43. The molecule has 0 radical (unpaired) electrons. The van der Waals surface area contributed by atoms with Crippen LogP contribution in [0.3, 0.4) is 0 Å². The van der Waals surface area contributed by atoms with Crippen LogP contribution in [0.25, 0.3) is 10.9 Å². The van der Waals surface area contributed by atoms with E-state index in [0.29, 0.717) is 5.92 Å². The monoisotopic (exact) mass is 280 g/mol. The number of hydrogen-bond donors (Lipinski definition) is 2. The molecule has 1 aromatic carbocycles. The van der Waals surface area contributed by atoms with E-state index >= 15 is 0 Å². The molecule has 4 heteroatoms. The third kappa shape index (κ3) is 2.36. The Morgan fingerprint density at radius 3 is 3.14 bits per heavy atom. The molecule has 0 amide bonds. The molecule has 0 bridgehead atoms. The van der Waals surface area contributed by atoms with Crippen LogP contribution < -0.4 is 0 Å². The highest BCUT2D eigenvalue weighted by atomic mass is 15.2. The van der Waals surface area contributed by atoms with Gasteiger partial charge in [0.25, 0.3) is 0 Å². The highest BCUT2D eigenvalue weighted by molar-refractivity contribution is 5.79. The number of rotatable bonds is 3. The molecule has 0 unspecified atom stereocenters. The van der Waals surface area contributed by atoms with Crippen LogP contribution in [0.15, 0.2) is 36.7 Å². The van der Waals surface area contributed by atoms with Crippen LogP contribution in [0, 0.1) is 6.92 Å². The van der Waals surface area contributed by atoms with Gasteiger partial charge in [0.05, 0.1) is 6.20 Å². The lowest BCUT2D eigenvalue weighted by Gasteiger charge is -2.16. The number of nitrogens with one attached hydrogen (secondary N) is 2. The lowest BCUT2D eigenvalue weighted by Crippen LogP contribution is -2.19. The standard InChI is InChI=1S/C17H20N4/c1-12-9-19-20-17(12)15-5-7-21(11-15)10-13-2-3-14-4-6-18-16(14)8-13/h2-4,6,8-9,15,18H,5,7,10-11H2,1H3,(H,19,20)/t15-/m1/s1. The zero-order valence-electron chi connectivity index (χ0n) is 12.3. The second-order valence-corrected chi connectivity index (χ2v) is 6.09. The van der Waals surface area contributed by atoms with Crippen molar-refractivity contribution >= 4 is 10.9 Å². The van der Waals surface area contributed by atoms with Crippen LogP contribution in [-0.2, 0) is 6.54 Å². The molecule has 3 heterocycles. The van der Waals surface area contributed by atoms with Crippen molar-refractivity contribution in [2.75, 3.05) is 13.1 Å². The minimum atomic E-state index is 0.599. The number of aromatic nitrogens is 3. The second kappa shape index (κ2) is 5.04. The van der Waals surface area contributed by atoms with Gasteiger partial charge in [-0.3, -0.25) is 10.00 Å².